The molecular weight excluding hydrogens is 200 g/mol. The monoisotopic (exact) mass is 224 g/mol. The highest BCUT2D eigenvalue weighted by atomic mass is 16.3. The molecule has 1 aromatic rings. The highest BCUT2D eigenvalue weighted by Crippen LogP contribution is 2.19. The van der Waals surface area contributed by atoms with Crippen molar-refractivity contribution < 1.29 is 5.11 Å². The molecule has 1 N–H and O–H groups in total. The summed E-state index contributed by atoms with van der Waals surface area (Å²) in [5.74, 6) is 0.228. The van der Waals surface area contributed by atoms with Crippen molar-refractivity contribution in [2.75, 3.05) is 0 Å². The standard InChI is InChI=1S/C13H24N2O/c1-6-11-8-12(7-2)15(14-11)9-13(5,16)10(3)4/h8,10,16H,6-7,9H2,1-5H3. The molecule has 0 fully saturated rings. The van der Waals surface area contributed by atoms with Crippen molar-refractivity contribution in [3.05, 3.63) is 17.5 Å². The summed E-state index contributed by atoms with van der Waals surface area (Å²) in [6, 6.07) is 2.14. The minimum atomic E-state index is -0.694. The molecule has 92 valence electrons. The van der Waals surface area contributed by atoms with Gasteiger partial charge in [-0.2, -0.15) is 5.10 Å². The molecule has 0 radical (unpaired) electrons. The van der Waals surface area contributed by atoms with Gasteiger partial charge in [-0.15, -0.1) is 0 Å². The number of nitrogens with zero attached hydrogens (tertiary/aromatic N) is 2. The van der Waals surface area contributed by atoms with Crippen LogP contribution in [0.1, 0.15) is 46.0 Å². The highest BCUT2D eigenvalue weighted by Gasteiger charge is 2.26. The fourth-order valence-electron chi connectivity index (χ4n) is 1.60. The van der Waals surface area contributed by atoms with Crippen molar-refractivity contribution in [3.63, 3.8) is 0 Å². The third kappa shape index (κ3) is 2.85. The normalized spacial score (nSPS) is 15.4. The summed E-state index contributed by atoms with van der Waals surface area (Å²) in [5, 5.41) is 14.8. The fraction of sp³-hybridized carbons (Fsp3) is 0.769. The van der Waals surface area contributed by atoms with E-state index in [4.69, 9.17) is 0 Å². The lowest BCUT2D eigenvalue weighted by molar-refractivity contribution is -0.00640. The molecule has 0 saturated heterocycles. The first kappa shape index (κ1) is 13.2. The van der Waals surface area contributed by atoms with Crippen LogP contribution in [0, 0.1) is 5.92 Å². The zero-order valence-corrected chi connectivity index (χ0v) is 11.1. The van der Waals surface area contributed by atoms with Crippen LogP contribution in [0.4, 0.5) is 0 Å². The van der Waals surface area contributed by atoms with E-state index >= 15 is 0 Å². The second-order valence-electron chi connectivity index (χ2n) is 5.00. The van der Waals surface area contributed by atoms with E-state index in [1.165, 1.54) is 5.69 Å². The highest BCUT2D eigenvalue weighted by molar-refractivity contribution is 5.10. The topological polar surface area (TPSA) is 38.0 Å². The molecular formula is C13H24N2O. The van der Waals surface area contributed by atoms with E-state index in [9.17, 15) is 5.11 Å². The summed E-state index contributed by atoms with van der Waals surface area (Å²) in [6.45, 7) is 10.8. The van der Waals surface area contributed by atoms with Gasteiger partial charge in [0, 0.05) is 5.69 Å². The number of hydrogen-bond donors (Lipinski definition) is 1. The van der Waals surface area contributed by atoms with Gasteiger partial charge in [0.1, 0.15) is 0 Å². The number of hydrogen-bond acceptors (Lipinski definition) is 2. The lowest BCUT2D eigenvalue weighted by Crippen LogP contribution is -2.37. The molecule has 1 rings (SSSR count). The number of aromatic nitrogens is 2. The van der Waals surface area contributed by atoms with Crippen LogP contribution in [-0.4, -0.2) is 20.5 Å². The van der Waals surface area contributed by atoms with Crippen LogP contribution in [0.25, 0.3) is 0 Å². The zero-order valence-electron chi connectivity index (χ0n) is 11.1. The average Bonchev–Trinajstić information content (AvgIpc) is 2.59. The summed E-state index contributed by atoms with van der Waals surface area (Å²) in [5.41, 5.74) is 1.62. The van der Waals surface area contributed by atoms with Crippen molar-refractivity contribution in [1.29, 1.82) is 0 Å². The van der Waals surface area contributed by atoms with Gasteiger partial charge in [0.15, 0.2) is 0 Å². The lowest BCUT2D eigenvalue weighted by Gasteiger charge is -2.28. The van der Waals surface area contributed by atoms with Gasteiger partial charge in [-0.3, -0.25) is 4.68 Å². The van der Waals surface area contributed by atoms with Gasteiger partial charge >= 0.3 is 0 Å². The summed E-state index contributed by atoms with van der Waals surface area (Å²) in [6.07, 6.45) is 1.91. The zero-order chi connectivity index (χ0) is 12.3. The Balaban J connectivity index is 2.91. The molecule has 16 heavy (non-hydrogen) atoms. The van der Waals surface area contributed by atoms with Crippen LogP contribution in [0.15, 0.2) is 6.07 Å². The van der Waals surface area contributed by atoms with Crippen molar-refractivity contribution >= 4 is 0 Å². The molecule has 0 aliphatic rings. The lowest BCUT2D eigenvalue weighted by atomic mass is 9.92. The van der Waals surface area contributed by atoms with Crippen LogP contribution in [0.2, 0.25) is 0 Å². The maximum Gasteiger partial charge on any atom is 0.0837 e. The average molecular weight is 224 g/mol. The molecule has 3 heteroatoms. The van der Waals surface area contributed by atoms with Gasteiger partial charge in [0.2, 0.25) is 0 Å². The van der Waals surface area contributed by atoms with Crippen molar-refractivity contribution in [1.82, 2.24) is 9.78 Å². The van der Waals surface area contributed by atoms with E-state index in [0.29, 0.717) is 6.54 Å². The van der Waals surface area contributed by atoms with E-state index in [-0.39, 0.29) is 5.92 Å². The van der Waals surface area contributed by atoms with Crippen LogP contribution >= 0.6 is 0 Å². The third-order valence-corrected chi connectivity index (χ3v) is 3.35. The minimum absolute atomic E-state index is 0.228. The van der Waals surface area contributed by atoms with Crippen molar-refractivity contribution in [2.45, 2.75) is 59.6 Å². The van der Waals surface area contributed by atoms with Crippen LogP contribution in [0.3, 0.4) is 0 Å². The summed E-state index contributed by atoms with van der Waals surface area (Å²) >= 11 is 0. The van der Waals surface area contributed by atoms with E-state index in [1.807, 2.05) is 25.5 Å². The van der Waals surface area contributed by atoms with E-state index in [0.717, 1.165) is 18.5 Å². The van der Waals surface area contributed by atoms with Gasteiger partial charge in [-0.25, -0.2) is 0 Å². The van der Waals surface area contributed by atoms with Gasteiger partial charge in [-0.1, -0.05) is 27.7 Å². The summed E-state index contributed by atoms with van der Waals surface area (Å²) < 4.78 is 1.96. The first-order chi connectivity index (χ1) is 7.40. The van der Waals surface area contributed by atoms with Gasteiger partial charge in [-0.05, 0) is 31.7 Å². The Morgan fingerprint density at radius 1 is 1.38 bits per heavy atom. The molecule has 1 aromatic heterocycles. The number of rotatable bonds is 5. The predicted octanol–water partition coefficient (Wildman–Crippen LogP) is 2.41. The maximum absolute atomic E-state index is 10.3. The SMILES string of the molecule is CCc1cc(CC)n(CC(C)(O)C(C)C)n1. The Bertz CT molecular complexity index is 340. The Morgan fingerprint density at radius 3 is 2.44 bits per heavy atom. The van der Waals surface area contributed by atoms with Gasteiger partial charge in [0.25, 0.3) is 0 Å². The molecule has 0 bridgehead atoms. The molecule has 0 aliphatic heterocycles. The van der Waals surface area contributed by atoms with Crippen LogP contribution in [-0.2, 0) is 19.4 Å². The van der Waals surface area contributed by atoms with Crippen molar-refractivity contribution in [2.24, 2.45) is 5.92 Å². The molecule has 0 spiro atoms. The quantitative estimate of drug-likeness (QED) is 0.834. The molecule has 1 atom stereocenters. The number of aryl methyl sites for hydroxylation is 2. The van der Waals surface area contributed by atoms with E-state index in [2.05, 4.69) is 25.0 Å². The largest absolute Gasteiger partial charge is 0.388 e. The first-order valence-corrected chi connectivity index (χ1v) is 6.18. The molecule has 3 nitrogen and oxygen atoms in total. The molecule has 0 saturated carbocycles. The fourth-order valence-corrected chi connectivity index (χ4v) is 1.60. The Hall–Kier alpha value is -0.830. The molecule has 1 unspecified atom stereocenters. The maximum atomic E-state index is 10.3. The summed E-state index contributed by atoms with van der Waals surface area (Å²) in [7, 11) is 0. The van der Waals surface area contributed by atoms with Gasteiger partial charge in [0.05, 0.1) is 17.8 Å². The molecule has 1 heterocycles. The Kier molecular flexibility index (Phi) is 4.14. The first-order valence-electron chi connectivity index (χ1n) is 6.18. The Labute approximate surface area is 98.5 Å². The van der Waals surface area contributed by atoms with Crippen LogP contribution in [0.5, 0.6) is 0 Å². The minimum Gasteiger partial charge on any atom is -0.388 e. The molecule has 0 aliphatic carbocycles. The molecule has 0 aromatic carbocycles. The predicted molar refractivity (Wildman–Crippen MR) is 66.4 cm³/mol. The van der Waals surface area contributed by atoms with Crippen molar-refractivity contribution in [3.8, 4) is 0 Å². The smallest absolute Gasteiger partial charge is 0.0837 e. The van der Waals surface area contributed by atoms with Gasteiger partial charge < -0.3 is 5.11 Å². The second-order valence-corrected chi connectivity index (χ2v) is 5.00. The molecule has 0 amide bonds. The summed E-state index contributed by atoms with van der Waals surface area (Å²) in [4.78, 5) is 0. The van der Waals surface area contributed by atoms with E-state index in [1.54, 1.807) is 0 Å². The Morgan fingerprint density at radius 2 is 2.00 bits per heavy atom. The van der Waals surface area contributed by atoms with E-state index < -0.39 is 5.60 Å². The number of aliphatic hydroxyl groups is 1. The second kappa shape index (κ2) is 5.00. The van der Waals surface area contributed by atoms with Crippen LogP contribution < -0.4 is 0 Å². The third-order valence-electron chi connectivity index (χ3n) is 3.35.